The van der Waals surface area contributed by atoms with E-state index in [9.17, 15) is 0 Å². The van der Waals surface area contributed by atoms with Crippen LogP contribution in [0.4, 0.5) is 0 Å². The number of halogens is 1. The first kappa shape index (κ1) is 13.3. The molecule has 0 bridgehead atoms. The first-order chi connectivity index (χ1) is 9.26. The van der Waals surface area contributed by atoms with Crippen LogP contribution in [0.5, 0.6) is 5.75 Å². The molecule has 0 saturated heterocycles. The minimum atomic E-state index is 0.254. The number of nitriles is 1. The molecule has 2 aromatic rings. The fraction of sp³-hybridized carbons (Fsp3) is 0.143. The minimum absolute atomic E-state index is 0.254. The van der Waals surface area contributed by atoms with Gasteiger partial charge in [-0.1, -0.05) is 23.7 Å². The van der Waals surface area contributed by atoms with Gasteiger partial charge in [-0.25, -0.2) is 4.98 Å². The third-order valence-corrected chi connectivity index (χ3v) is 3.01. The molecule has 4 nitrogen and oxygen atoms in total. The first-order valence-electron chi connectivity index (χ1n) is 5.70. The zero-order valence-electron chi connectivity index (χ0n) is 10.1. The Kier molecular flexibility index (Phi) is 4.35. The fourth-order valence-electron chi connectivity index (χ4n) is 1.68. The number of benzene rings is 1. The zero-order valence-corrected chi connectivity index (χ0v) is 10.9. The van der Waals surface area contributed by atoms with Gasteiger partial charge in [-0.3, -0.25) is 0 Å². The van der Waals surface area contributed by atoms with Crippen molar-refractivity contribution in [1.82, 2.24) is 4.98 Å². The SMILES string of the molecule is N#Cc1ncccc1COc1cccc(Cl)c1CN. The zero-order chi connectivity index (χ0) is 13.7. The van der Waals surface area contributed by atoms with Gasteiger partial charge in [-0.05, 0) is 18.2 Å². The molecule has 0 aliphatic carbocycles. The molecule has 5 heteroatoms. The van der Waals surface area contributed by atoms with E-state index in [2.05, 4.69) is 4.98 Å². The van der Waals surface area contributed by atoms with E-state index >= 15 is 0 Å². The van der Waals surface area contributed by atoms with E-state index in [1.165, 1.54) is 0 Å². The van der Waals surface area contributed by atoms with Crippen molar-refractivity contribution in [1.29, 1.82) is 5.26 Å². The number of aromatic nitrogens is 1. The Balaban J connectivity index is 2.20. The van der Waals surface area contributed by atoms with Crippen LogP contribution in [0.3, 0.4) is 0 Å². The van der Waals surface area contributed by atoms with Crippen molar-refractivity contribution in [3.63, 3.8) is 0 Å². The molecule has 96 valence electrons. The molecule has 0 aliphatic heterocycles. The van der Waals surface area contributed by atoms with Gasteiger partial charge < -0.3 is 10.5 Å². The minimum Gasteiger partial charge on any atom is -0.488 e. The standard InChI is InChI=1S/C14H12ClN3O/c15-12-4-1-5-14(11(12)7-16)19-9-10-3-2-6-18-13(10)8-17/h1-6H,7,9,16H2. The molecule has 0 unspecified atom stereocenters. The van der Waals surface area contributed by atoms with Crippen molar-refractivity contribution < 1.29 is 4.74 Å². The molecule has 1 aromatic carbocycles. The Hall–Kier alpha value is -2.09. The summed E-state index contributed by atoms with van der Waals surface area (Å²) < 4.78 is 5.68. The maximum atomic E-state index is 8.95. The lowest BCUT2D eigenvalue weighted by atomic mass is 10.2. The Labute approximate surface area is 116 Å². The highest BCUT2D eigenvalue weighted by Gasteiger charge is 2.08. The molecule has 19 heavy (non-hydrogen) atoms. The van der Waals surface area contributed by atoms with Crippen LogP contribution >= 0.6 is 11.6 Å². The third-order valence-electron chi connectivity index (χ3n) is 2.66. The van der Waals surface area contributed by atoms with Gasteiger partial charge in [-0.15, -0.1) is 0 Å². The molecule has 0 aliphatic rings. The highest BCUT2D eigenvalue weighted by atomic mass is 35.5. The van der Waals surface area contributed by atoms with E-state index in [1.54, 1.807) is 36.5 Å². The molecule has 1 aromatic heterocycles. The predicted molar refractivity (Wildman–Crippen MR) is 72.6 cm³/mol. The lowest BCUT2D eigenvalue weighted by Gasteiger charge is -2.12. The summed E-state index contributed by atoms with van der Waals surface area (Å²) in [5.74, 6) is 0.628. The maximum absolute atomic E-state index is 8.95. The van der Waals surface area contributed by atoms with Crippen molar-refractivity contribution in [3.8, 4) is 11.8 Å². The van der Waals surface area contributed by atoms with Crippen molar-refractivity contribution in [2.45, 2.75) is 13.2 Å². The molecule has 0 fully saturated rings. The van der Waals surface area contributed by atoms with Crippen LogP contribution in [0.15, 0.2) is 36.5 Å². The molecule has 0 atom stereocenters. The quantitative estimate of drug-likeness (QED) is 0.929. The van der Waals surface area contributed by atoms with Gasteiger partial charge in [0.1, 0.15) is 24.1 Å². The second-order valence-corrected chi connectivity index (χ2v) is 4.24. The van der Waals surface area contributed by atoms with Crippen molar-refractivity contribution in [3.05, 3.63) is 58.4 Å². The van der Waals surface area contributed by atoms with Crippen LogP contribution in [0.25, 0.3) is 0 Å². The van der Waals surface area contributed by atoms with E-state index in [-0.39, 0.29) is 6.61 Å². The van der Waals surface area contributed by atoms with E-state index < -0.39 is 0 Å². The largest absolute Gasteiger partial charge is 0.488 e. The Morgan fingerprint density at radius 1 is 1.32 bits per heavy atom. The van der Waals surface area contributed by atoms with Gasteiger partial charge in [0, 0.05) is 28.9 Å². The third kappa shape index (κ3) is 3.02. The molecule has 0 radical (unpaired) electrons. The summed E-state index contributed by atoms with van der Waals surface area (Å²) in [5, 5.41) is 9.53. The van der Waals surface area contributed by atoms with Crippen molar-refractivity contribution in [2.24, 2.45) is 5.73 Å². The maximum Gasteiger partial charge on any atom is 0.147 e. The summed E-state index contributed by atoms with van der Waals surface area (Å²) in [6.45, 7) is 0.553. The molecule has 2 rings (SSSR count). The summed E-state index contributed by atoms with van der Waals surface area (Å²) >= 11 is 6.05. The van der Waals surface area contributed by atoms with Gasteiger partial charge in [0.05, 0.1) is 0 Å². The summed E-state index contributed by atoms with van der Waals surface area (Å²) in [7, 11) is 0. The molecular formula is C14H12ClN3O. The summed E-state index contributed by atoms with van der Waals surface area (Å²) in [5.41, 5.74) is 7.49. The smallest absolute Gasteiger partial charge is 0.147 e. The van der Waals surface area contributed by atoms with Crippen molar-refractivity contribution >= 4 is 11.6 Å². The number of pyridine rings is 1. The second-order valence-electron chi connectivity index (χ2n) is 3.83. The van der Waals surface area contributed by atoms with Crippen LogP contribution < -0.4 is 10.5 Å². The molecule has 2 N–H and O–H groups in total. The molecular weight excluding hydrogens is 262 g/mol. The molecule has 0 spiro atoms. The highest BCUT2D eigenvalue weighted by molar-refractivity contribution is 6.31. The molecule has 1 heterocycles. The second kappa shape index (κ2) is 6.19. The van der Waals surface area contributed by atoms with Crippen LogP contribution in [0.1, 0.15) is 16.8 Å². The van der Waals surface area contributed by atoms with Gasteiger partial charge in [0.2, 0.25) is 0 Å². The average molecular weight is 274 g/mol. The Morgan fingerprint density at radius 3 is 2.89 bits per heavy atom. The summed E-state index contributed by atoms with van der Waals surface area (Å²) in [6, 6.07) is 11.0. The highest BCUT2D eigenvalue weighted by Crippen LogP contribution is 2.26. The van der Waals surface area contributed by atoms with Crippen LogP contribution in [0.2, 0.25) is 5.02 Å². The lowest BCUT2D eigenvalue weighted by Crippen LogP contribution is -2.05. The number of ether oxygens (including phenoxy) is 1. The predicted octanol–water partition coefficient (Wildman–Crippen LogP) is 2.64. The van der Waals surface area contributed by atoms with Gasteiger partial charge in [0.15, 0.2) is 0 Å². The van der Waals surface area contributed by atoms with Crippen LogP contribution in [-0.2, 0) is 13.2 Å². The van der Waals surface area contributed by atoms with E-state index in [4.69, 9.17) is 27.3 Å². The van der Waals surface area contributed by atoms with Crippen molar-refractivity contribution in [2.75, 3.05) is 0 Å². The number of rotatable bonds is 4. The fourth-order valence-corrected chi connectivity index (χ4v) is 1.93. The van der Waals surface area contributed by atoms with Crippen LogP contribution in [0, 0.1) is 11.3 Å². The first-order valence-corrected chi connectivity index (χ1v) is 6.08. The topological polar surface area (TPSA) is 71.9 Å². The average Bonchev–Trinajstić information content (AvgIpc) is 2.45. The van der Waals surface area contributed by atoms with Gasteiger partial charge in [0.25, 0.3) is 0 Å². The number of nitrogens with zero attached hydrogens (tertiary/aromatic N) is 2. The van der Waals surface area contributed by atoms with E-state index in [0.717, 1.165) is 11.1 Å². The normalized spacial score (nSPS) is 9.95. The lowest BCUT2D eigenvalue weighted by molar-refractivity contribution is 0.302. The molecule has 0 saturated carbocycles. The van der Waals surface area contributed by atoms with Gasteiger partial charge in [-0.2, -0.15) is 5.26 Å². The number of nitrogens with two attached hydrogens (primary N) is 1. The number of hydrogen-bond acceptors (Lipinski definition) is 4. The van der Waals surface area contributed by atoms with Crippen LogP contribution in [-0.4, -0.2) is 4.98 Å². The monoisotopic (exact) mass is 273 g/mol. The van der Waals surface area contributed by atoms with E-state index in [1.807, 2.05) is 6.07 Å². The molecule has 0 amide bonds. The Morgan fingerprint density at radius 2 is 2.16 bits per heavy atom. The summed E-state index contributed by atoms with van der Waals surface area (Å²) in [4.78, 5) is 3.98. The van der Waals surface area contributed by atoms with E-state index in [0.29, 0.717) is 23.0 Å². The summed E-state index contributed by atoms with van der Waals surface area (Å²) in [6.07, 6.45) is 1.58. The van der Waals surface area contributed by atoms with Gasteiger partial charge >= 0.3 is 0 Å². The number of hydrogen-bond donors (Lipinski definition) is 1. The Bertz CT molecular complexity index is 622.